The van der Waals surface area contributed by atoms with Gasteiger partial charge in [-0.2, -0.15) is 0 Å². The first-order valence-corrected chi connectivity index (χ1v) is 4.37. The number of halogens is 2. The van der Waals surface area contributed by atoms with Crippen LogP contribution in [0.2, 0.25) is 10.0 Å². The lowest BCUT2D eigenvalue weighted by atomic mass is 10.3. The minimum Gasteiger partial charge on any atom is -0.138 e. The summed E-state index contributed by atoms with van der Waals surface area (Å²) in [5.74, 6) is 0. The van der Waals surface area contributed by atoms with Gasteiger partial charge in [-0.05, 0) is 23.7 Å². The first-order chi connectivity index (χ1) is 5.27. The molecule has 0 amide bonds. The quantitative estimate of drug-likeness (QED) is 0.660. The van der Waals surface area contributed by atoms with Gasteiger partial charge in [0.05, 0.1) is 14.7 Å². The molecule has 0 aliphatic carbocycles. The zero-order valence-corrected chi connectivity index (χ0v) is 7.54. The second-order valence-corrected chi connectivity index (χ2v) is 3.61. The molecule has 1 heterocycles. The van der Waals surface area contributed by atoms with Crippen molar-refractivity contribution in [2.45, 2.75) is 0 Å². The van der Waals surface area contributed by atoms with E-state index in [2.05, 4.69) is 9.59 Å². The average Bonchev–Trinajstić information content (AvgIpc) is 2.36. The Kier molecular flexibility index (Phi) is 1.71. The summed E-state index contributed by atoms with van der Waals surface area (Å²) in [5, 5.41) is 4.91. The van der Waals surface area contributed by atoms with E-state index in [1.54, 1.807) is 12.1 Å². The fourth-order valence-electron chi connectivity index (χ4n) is 0.778. The third-order valence-electron chi connectivity index (χ3n) is 1.29. The molecule has 0 radical (unpaired) electrons. The summed E-state index contributed by atoms with van der Waals surface area (Å²) >= 11 is 12.8. The van der Waals surface area contributed by atoms with Gasteiger partial charge in [0.1, 0.15) is 5.52 Å². The molecule has 0 N–H and O–H groups in total. The summed E-state index contributed by atoms with van der Waals surface area (Å²) in [6.07, 6.45) is 0. The molecule has 0 saturated heterocycles. The molecule has 0 saturated carbocycles. The van der Waals surface area contributed by atoms with Crippen molar-refractivity contribution in [3.8, 4) is 0 Å². The highest BCUT2D eigenvalue weighted by atomic mass is 35.5. The van der Waals surface area contributed by atoms with E-state index < -0.39 is 0 Å². The van der Waals surface area contributed by atoms with Gasteiger partial charge < -0.3 is 0 Å². The van der Waals surface area contributed by atoms with Crippen LogP contribution < -0.4 is 0 Å². The van der Waals surface area contributed by atoms with Crippen LogP contribution in [0.25, 0.3) is 10.2 Å². The topological polar surface area (TPSA) is 25.8 Å². The summed E-state index contributed by atoms with van der Waals surface area (Å²) in [5.41, 5.74) is 0.796. The Morgan fingerprint density at radius 3 is 2.73 bits per heavy atom. The van der Waals surface area contributed by atoms with Gasteiger partial charge in [-0.15, -0.1) is 5.10 Å². The lowest BCUT2D eigenvalue weighted by molar-refractivity contribution is 1.20. The van der Waals surface area contributed by atoms with Crippen molar-refractivity contribution in [3.63, 3.8) is 0 Å². The van der Waals surface area contributed by atoms with Crippen LogP contribution in [0.15, 0.2) is 12.1 Å². The minimum absolute atomic E-state index is 0.520. The van der Waals surface area contributed by atoms with Crippen LogP contribution in [0.3, 0.4) is 0 Å². The van der Waals surface area contributed by atoms with Crippen molar-refractivity contribution in [3.05, 3.63) is 22.2 Å². The first-order valence-electron chi connectivity index (χ1n) is 2.84. The van der Waals surface area contributed by atoms with Gasteiger partial charge in [0, 0.05) is 0 Å². The van der Waals surface area contributed by atoms with Gasteiger partial charge in [0.2, 0.25) is 0 Å². The van der Waals surface area contributed by atoms with Crippen LogP contribution >= 0.6 is 34.7 Å². The molecule has 0 aliphatic rings. The highest BCUT2D eigenvalue weighted by Crippen LogP contribution is 2.27. The van der Waals surface area contributed by atoms with E-state index >= 15 is 0 Å². The number of hydrogen-bond acceptors (Lipinski definition) is 3. The Balaban J connectivity index is 2.86. The van der Waals surface area contributed by atoms with Crippen LogP contribution in [0.1, 0.15) is 0 Å². The third kappa shape index (κ3) is 1.20. The smallest absolute Gasteiger partial charge is 0.107 e. The standard InChI is InChI=1S/C6H2Cl2N2S/c7-3-1-5-6(2-4(3)8)11-10-9-5/h1-2H. The summed E-state index contributed by atoms with van der Waals surface area (Å²) in [7, 11) is 0. The highest BCUT2D eigenvalue weighted by Gasteiger charge is 2.02. The molecule has 2 nitrogen and oxygen atoms in total. The molecule has 1 aromatic heterocycles. The fraction of sp³-hybridized carbons (Fsp3) is 0. The van der Waals surface area contributed by atoms with E-state index in [9.17, 15) is 0 Å². The highest BCUT2D eigenvalue weighted by molar-refractivity contribution is 7.13. The zero-order chi connectivity index (χ0) is 7.84. The lowest BCUT2D eigenvalue weighted by Gasteiger charge is -1.91. The second-order valence-electron chi connectivity index (χ2n) is 2.01. The maximum absolute atomic E-state index is 5.76. The molecule has 0 unspecified atom stereocenters. The molecule has 2 aromatic rings. The van der Waals surface area contributed by atoms with E-state index in [-0.39, 0.29) is 0 Å². The summed E-state index contributed by atoms with van der Waals surface area (Å²) in [6, 6.07) is 3.48. The Morgan fingerprint density at radius 2 is 1.91 bits per heavy atom. The van der Waals surface area contributed by atoms with Crippen LogP contribution in [-0.4, -0.2) is 9.59 Å². The summed E-state index contributed by atoms with van der Waals surface area (Å²) < 4.78 is 4.72. The molecule has 2 rings (SSSR count). The molecule has 0 aliphatic heterocycles. The van der Waals surface area contributed by atoms with E-state index in [4.69, 9.17) is 23.2 Å². The Morgan fingerprint density at radius 1 is 1.18 bits per heavy atom. The lowest BCUT2D eigenvalue weighted by Crippen LogP contribution is -1.70. The number of rotatable bonds is 0. The first kappa shape index (κ1) is 7.28. The fourth-order valence-corrected chi connectivity index (χ4v) is 1.74. The minimum atomic E-state index is 0.520. The number of aromatic nitrogens is 2. The van der Waals surface area contributed by atoms with Gasteiger partial charge in [-0.3, -0.25) is 0 Å². The predicted molar refractivity (Wildman–Crippen MR) is 47.4 cm³/mol. The zero-order valence-electron chi connectivity index (χ0n) is 5.21. The number of fused-ring (bicyclic) bond motifs is 1. The van der Waals surface area contributed by atoms with Crippen molar-refractivity contribution in [2.24, 2.45) is 0 Å². The number of benzene rings is 1. The van der Waals surface area contributed by atoms with Crippen LogP contribution in [0, 0.1) is 0 Å². The van der Waals surface area contributed by atoms with Gasteiger partial charge in [-0.25, -0.2) is 0 Å². The van der Waals surface area contributed by atoms with Crippen molar-refractivity contribution >= 4 is 45.0 Å². The van der Waals surface area contributed by atoms with Gasteiger partial charge in [0.15, 0.2) is 0 Å². The molecular weight excluding hydrogens is 203 g/mol. The van der Waals surface area contributed by atoms with E-state index in [0.29, 0.717) is 10.0 Å². The largest absolute Gasteiger partial charge is 0.138 e. The van der Waals surface area contributed by atoms with Gasteiger partial charge >= 0.3 is 0 Å². The number of hydrogen-bond donors (Lipinski definition) is 0. The van der Waals surface area contributed by atoms with Crippen molar-refractivity contribution in [2.75, 3.05) is 0 Å². The van der Waals surface area contributed by atoms with Crippen LogP contribution in [0.5, 0.6) is 0 Å². The molecule has 0 spiro atoms. The normalized spacial score (nSPS) is 10.7. The molecular formula is C6H2Cl2N2S. The maximum Gasteiger partial charge on any atom is 0.107 e. The maximum atomic E-state index is 5.76. The molecule has 56 valence electrons. The Hall–Kier alpha value is -0.380. The predicted octanol–water partition coefficient (Wildman–Crippen LogP) is 3.00. The monoisotopic (exact) mass is 204 g/mol. The molecule has 0 bridgehead atoms. The van der Waals surface area contributed by atoms with Crippen molar-refractivity contribution in [1.29, 1.82) is 0 Å². The third-order valence-corrected chi connectivity index (χ3v) is 2.70. The molecule has 11 heavy (non-hydrogen) atoms. The SMILES string of the molecule is Clc1cc2nnsc2cc1Cl. The van der Waals surface area contributed by atoms with E-state index in [1.807, 2.05) is 0 Å². The number of nitrogens with zero attached hydrogens (tertiary/aromatic N) is 2. The Labute approximate surface area is 76.9 Å². The van der Waals surface area contributed by atoms with Crippen LogP contribution in [0.4, 0.5) is 0 Å². The van der Waals surface area contributed by atoms with Crippen molar-refractivity contribution in [1.82, 2.24) is 9.59 Å². The molecule has 1 aromatic carbocycles. The second kappa shape index (κ2) is 2.59. The molecule has 0 atom stereocenters. The molecule has 0 fully saturated rings. The van der Waals surface area contributed by atoms with Crippen molar-refractivity contribution < 1.29 is 0 Å². The van der Waals surface area contributed by atoms with Crippen LogP contribution in [-0.2, 0) is 0 Å². The summed E-state index contributed by atoms with van der Waals surface area (Å²) in [4.78, 5) is 0. The van der Waals surface area contributed by atoms with Gasteiger partial charge in [0.25, 0.3) is 0 Å². The Bertz CT molecular complexity index is 362. The molecule has 5 heteroatoms. The van der Waals surface area contributed by atoms with Gasteiger partial charge in [-0.1, -0.05) is 27.7 Å². The van der Waals surface area contributed by atoms with E-state index in [0.717, 1.165) is 10.2 Å². The average molecular weight is 205 g/mol. The summed E-state index contributed by atoms with van der Waals surface area (Å²) in [6.45, 7) is 0. The van der Waals surface area contributed by atoms with E-state index in [1.165, 1.54) is 11.5 Å².